The summed E-state index contributed by atoms with van der Waals surface area (Å²) in [5, 5.41) is 2.60. The molecule has 3 rings (SSSR count). The van der Waals surface area contributed by atoms with E-state index < -0.39 is 5.82 Å². The van der Waals surface area contributed by atoms with E-state index in [0.717, 1.165) is 5.82 Å². The van der Waals surface area contributed by atoms with Gasteiger partial charge in [-0.2, -0.15) is 0 Å². The minimum atomic E-state index is -0.541. The minimum Gasteiger partial charge on any atom is -0.353 e. The normalized spacial score (nSPS) is 14.3. The molecule has 0 spiro atoms. The highest BCUT2D eigenvalue weighted by atomic mass is 35.5. The van der Waals surface area contributed by atoms with Crippen molar-refractivity contribution in [3.05, 3.63) is 52.9 Å². The summed E-state index contributed by atoms with van der Waals surface area (Å²) < 4.78 is 13.2. The first kappa shape index (κ1) is 18.1. The van der Waals surface area contributed by atoms with E-state index in [1.165, 1.54) is 24.4 Å². The molecule has 1 N–H and O–H groups in total. The predicted molar refractivity (Wildman–Crippen MR) is 98.1 cm³/mol. The molecule has 0 atom stereocenters. The summed E-state index contributed by atoms with van der Waals surface area (Å²) in [5.74, 6) is -0.0613. The number of piperazine rings is 1. The van der Waals surface area contributed by atoms with E-state index in [1.807, 2.05) is 0 Å². The first-order chi connectivity index (χ1) is 12.4. The Kier molecular flexibility index (Phi) is 5.37. The molecular weight excluding hydrogens is 359 g/mol. The van der Waals surface area contributed by atoms with Crippen molar-refractivity contribution in [2.75, 3.05) is 36.4 Å². The van der Waals surface area contributed by atoms with Gasteiger partial charge >= 0.3 is 0 Å². The van der Waals surface area contributed by atoms with Gasteiger partial charge in [-0.3, -0.25) is 9.59 Å². The van der Waals surface area contributed by atoms with Crippen LogP contribution >= 0.6 is 11.6 Å². The summed E-state index contributed by atoms with van der Waals surface area (Å²) in [6.07, 6.45) is 1.49. The van der Waals surface area contributed by atoms with Gasteiger partial charge in [0.2, 0.25) is 5.91 Å². The van der Waals surface area contributed by atoms with E-state index in [1.54, 1.807) is 24.0 Å². The number of hydrogen-bond acceptors (Lipinski definition) is 4. The van der Waals surface area contributed by atoms with Crippen LogP contribution < -0.4 is 10.2 Å². The zero-order chi connectivity index (χ0) is 18.7. The fourth-order valence-corrected chi connectivity index (χ4v) is 2.92. The Labute approximate surface area is 155 Å². The summed E-state index contributed by atoms with van der Waals surface area (Å²) in [4.78, 5) is 31.8. The van der Waals surface area contributed by atoms with Gasteiger partial charge in [-0.15, -0.1) is 0 Å². The van der Waals surface area contributed by atoms with Gasteiger partial charge in [-0.1, -0.05) is 11.6 Å². The van der Waals surface area contributed by atoms with Crippen molar-refractivity contribution in [2.45, 2.75) is 6.92 Å². The average molecular weight is 377 g/mol. The third-order valence-electron chi connectivity index (χ3n) is 4.24. The van der Waals surface area contributed by atoms with Crippen LogP contribution in [0, 0.1) is 5.82 Å². The summed E-state index contributed by atoms with van der Waals surface area (Å²) in [5.41, 5.74) is 0.794. The first-order valence-corrected chi connectivity index (χ1v) is 8.55. The third-order valence-corrected chi connectivity index (χ3v) is 4.53. The van der Waals surface area contributed by atoms with Crippen LogP contribution in [0.3, 0.4) is 0 Å². The molecule has 2 aromatic rings. The van der Waals surface area contributed by atoms with Gasteiger partial charge in [-0.05, 0) is 30.3 Å². The van der Waals surface area contributed by atoms with Gasteiger partial charge < -0.3 is 15.1 Å². The molecule has 1 saturated heterocycles. The fourth-order valence-electron chi connectivity index (χ4n) is 2.74. The number of carbonyl (C=O) groups excluding carboxylic acids is 2. The Balaban J connectivity index is 1.63. The molecule has 1 fully saturated rings. The number of rotatable bonds is 3. The number of benzene rings is 1. The molecular formula is C18H18ClFN4O2. The van der Waals surface area contributed by atoms with Gasteiger partial charge in [0.25, 0.3) is 5.91 Å². The Morgan fingerprint density at radius 3 is 2.46 bits per heavy atom. The Bertz CT molecular complexity index is 820. The van der Waals surface area contributed by atoms with E-state index in [4.69, 9.17) is 11.6 Å². The minimum absolute atomic E-state index is 0.0547. The molecule has 0 aliphatic carbocycles. The summed E-state index contributed by atoms with van der Waals surface area (Å²) in [6.45, 7) is 4.28. The number of pyridine rings is 1. The van der Waals surface area contributed by atoms with E-state index in [9.17, 15) is 14.0 Å². The maximum absolute atomic E-state index is 13.2. The SMILES string of the molecule is CC(=O)N1CCN(c2ccc(C(=O)Nc3ccc(F)c(Cl)c3)cn2)CC1. The second-order valence-electron chi connectivity index (χ2n) is 5.98. The first-order valence-electron chi connectivity index (χ1n) is 8.17. The van der Waals surface area contributed by atoms with E-state index in [2.05, 4.69) is 15.2 Å². The van der Waals surface area contributed by atoms with Crippen LogP contribution in [0.2, 0.25) is 5.02 Å². The molecule has 8 heteroatoms. The fraction of sp³-hybridized carbons (Fsp3) is 0.278. The number of carbonyl (C=O) groups is 2. The highest BCUT2D eigenvalue weighted by Gasteiger charge is 2.19. The Hall–Kier alpha value is -2.67. The van der Waals surface area contributed by atoms with E-state index >= 15 is 0 Å². The topological polar surface area (TPSA) is 65.5 Å². The maximum atomic E-state index is 13.2. The van der Waals surface area contributed by atoms with Crippen molar-refractivity contribution in [1.29, 1.82) is 0 Å². The number of hydrogen-bond donors (Lipinski definition) is 1. The largest absolute Gasteiger partial charge is 0.353 e. The van der Waals surface area contributed by atoms with Gasteiger partial charge in [0.1, 0.15) is 11.6 Å². The van der Waals surface area contributed by atoms with Crippen molar-refractivity contribution >= 4 is 34.9 Å². The predicted octanol–water partition coefficient (Wildman–Crippen LogP) is 2.79. The Morgan fingerprint density at radius 1 is 1.15 bits per heavy atom. The average Bonchev–Trinajstić information content (AvgIpc) is 2.65. The van der Waals surface area contributed by atoms with Crippen molar-refractivity contribution in [2.24, 2.45) is 0 Å². The molecule has 1 aliphatic heterocycles. The number of amides is 2. The maximum Gasteiger partial charge on any atom is 0.257 e. The molecule has 1 aromatic heterocycles. The molecule has 2 heterocycles. The zero-order valence-electron chi connectivity index (χ0n) is 14.2. The number of nitrogens with zero attached hydrogens (tertiary/aromatic N) is 3. The van der Waals surface area contributed by atoms with Gasteiger partial charge in [0.15, 0.2) is 0 Å². The van der Waals surface area contributed by atoms with E-state index in [-0.39, 0.29) is 16.8 Å². The highest BCUT2D eigenvalue weighted by molar-refractivity contribution is 6.31. The zero-order valence-corrected chi connectivity index (χ0v) is 15.0. The lowest BCUT2D eigenvalue weighted by molar-refractivity contribution is -0.129. The van der Waals surface area contributed by atoms with Crippen molar-refractivity contribution in [3.63, 3.8) is 0 Å². The second-order valence-corrected chi connectivity index (χ2v) is 6.39. The highest BCUT2D eigenvalue weighted by Crippen LogP contribution is 2.20. The van der Waals surface area contributed by atoms with Crippen LogP contribution in [0.15, 0.2) is 36.5 Å². The molecule has 0 unspecified atom stereocenters. The number of nitrogens with one attached hydrogen (secondary N) is 1. The van der Waals surface area contributed by atoms with Crippen LogP contribution in [0.4, 0.5) is 15.9 Å². The molecule has 26 heavy (non-hydrogen) atoms. The van der Waals surface area contributed by atoms with E-state index in [0.29, 0.717) is 37.4 Å². The number of halogens is 2. The summed E-state index contributed by atoms with van der Waals surface area (Å²) in [6, 6.07) is 7.44. The summed E-state index contributed by atoms with van der Waals surface area (Å²) >= 11 is 5.71. The molecule has 6 nitrogen and oxygen atoms in total. The lowest BCUT2D eigenvalue weighted by Crippen LogP contribution is -2.48. The van der Waals surface area contributed by atoms with Crippen LogP contribution in [0.25, 0.3) is 0 Å². The van der Waals surface area contributed by atoms with Crippen LogP contribution in [-0.2, 0) is 4.79 Å². The molecule has 2 amide bonds. The molecule has 0 bridgehead atoms. The lowest BCUT2D eigenvalue weighted by Gasteiger charge is -2.34. The number of aromatic nitrogens is 1. The van der Waals surface area contributed by atoms with Crippen molar-refractivity contribution < 1.29 is 14.0 Å². The van der Waals surface area contributed by atoms with Crippen LogP contribution in [0.5, 0.6) is 0 Å². The van der Waals surface area contributed by atoms with Crippen LogP contribution in [0.1, 0.15) is 17.3 Å². The quantitative estimate of drug-likeness (QED) is 0.894. The molecule has 1 aromatic carbocycles. The van der Waals surface area contributed by atoms with Gasteiger partial charge in [0, 0.05) is 45.0 Å². The smallest absolute Gasteiger partial charge is 0.257 e. The molecule has 0 saturated carbocycles. The molecule has 1 aliphatic rings. The Morgan fingerprint density at radius 2 is 1.88 bits per heavy atom. The lowest BCUT2D eigenvalue weighted by atomic mass is 10.2. The van der Waals surface area contributed by atoms with Gasteiger partial charge in [0.05, 0.1) is 10.6 Å². The number of anilines is 2. The third kappa shape index (κ3) is 4.11. The van der Waals surface area contributed by atoms with Gasteiger partial charge in [-0.25, -0.2) is 9.37 Å². The molecule has 136 valence electrons. The monoisotopic (exact) mass is 376 g/mol. The standard InChI is InChI=1S/C18H18ClFN4O2/c1-12(25)23-6-8-24(9-7-23)17-5-2-13(11-21-17)18(26)22-14-3-4-16(20)15(19)10-14/h2-5,10-11H,6-9H2,1H3,(H,22,26). The molecule has 0 radical (unpaired) electrons. The summed E-state index contributed by atoms with van der Waals surface area (Å²) in [7, 11) is 0. The second kappa shape index (κ2) is 7.70. The van der Waals surface area contributed by atoms with Crippen molar-refractivity contribution in [1.82, 2.24) is 9.88 Å². The van der Waals surface area contributed by atoms with Crippen molar-refractivity contribution in [3.8, 4) is 0 Å². The van der Waals surface area contributed by atoms with Crippen LogP contribution in [-0.4, -0.2) is 47.9 Å².